The lowest BCUT2D eigenvalue weighted by molar-refractivity contribution is -0.119. The van der Waals surface area contributed by atoms with Crippen LogP contribution in [0.2, 0.25) is 0 Å². The van der Waals surface area contributed by atoms with Crippen molar-refractivity contribution < 1.29 is 4.79 Å². The summed E-state index contributed by atoms with van der Waals surface area (Å²) in [6.45, 7) is 1.13. The monoisotopic (exact) mass is 251 g/mol. The first-order chi connectivity index (χ1) is 8.34. The molecule has 0 amide bonds. The third-order valence-electron chi connectivity index (χ3n) is 3.46. The minimum Gasteiger partial charge on any atom is -0.314 e. The normalized spacial score (nSPS) is 20.4. The fourth-order valence-corrected chi connectivity index (χ4v) is 3.05. The van der Waals surface area contributed by atoms with Gasteiger partial charge in [-0.05, 0) is 54.6 Å². The Morgan fingerprint density at radius 1 is 1.41 bits per heavy atom. The van der Waals surface area contributed by atoms with Crippen LogP contribution in [0.5, 0.6) is 0 Å². The Kier molecular flexibility index (Phi) is 5.20. The zero-order chi connectivity index (χ0) is 11.9. The first-order valence-corrected chi connectivity index (χ1v) is 7.55. The van der Waals surface area contributed by atoms with Crippen LogP contribution in [0.25, 0.3) is 0 Å². The molecule has 2 heterocycles. The Morgan fingerprint density at radius 3 is 3.06 bits per heavy atom. The Hall–Kier alpha value is -0.670. The van der Waals surface area contributed by atoms with Gasteiger partial charge >= 0.3 is 0 Å². The summed E-state index contributed by atoms with van der Waals surface area (Å²) >= 11 is 1.71. The molecule has 1 fully saturated rings. The molecule has 1 aromatic heterocycles. The van der Waals surface area contributed by atoms with E-state index >= 15 is 0 Å². The van der Waals surface area contributed by atoms with E-state index in [2.05, 4.69) is 22.1 Å². The third kappa shape index (κ3) is 4.60. The van der Waals surface area contributed by atoms with Crippen molar-refractivity contribution in [1.82, 2.24) is 5.32 Å². The van der Waals surface area contributed by atoms with Crippen LogP contribution in [0, 0.1) is 0 Å². The van der Waals surface area contributed by atoms with Gasteiger partial charge in [0.05, 0.1) is 0 Å². The largest absolute Gasteiger partial charge is 0.314 e. The molecule has 0 bridgehead atoms. The maximum absolute atomic E-state index is 11.8. The fraction of sp³-hybridized carbons (Fsp3) is 0.643. The van der Waals surface area contributed by atoms with Crippen LogP contribution < -0.4 is 5.32 Å². The summed E-state index contributed by atoms with van der Waals surface area (Å²) in [5.74, 6) is 0.420. The molecule has 1 aromatic rings. The number of carbonyl (C=O) groups excluding carboxylic acids is 1. The third-order valence-corrected chi connectivity index (χ3v) is 4.19. The van der Waals surface area contributed by atoms with Crippen molar-refractivity contribution in [3.8, 4) is 0 Å². The van der Waals surface area contributed by atoms with Gasteiger partial charge in [0, 0.05) is 18.9 Å². The van der Waals surface area contributed by atoms with Gasteiger partial charge in [0.1, 0.15) is 5.78 Å². The van der Waals surface area contributed by atoms with E-state index in [1.807, 2.05) is 0 Å². The minimum atomic E-state index is 0.420. The summed E-state index contributed by atoms with van der Waals surface area (Å²) in [7, 11) is 0. The van der Waals surface area contributed by atoms with Crippen molar-refractivity contribution in [3.05, 3.63) is 22.4 Å². The second kappa shape index (κ2) is 6.92. The summed E-state index contributed by atoms with van der Waals surface area (Å²) in [5, 5.41) is 7.70. The summed E-state index contributed by atoms with van der Waals surface area (Å²) < 4.78 is 0. The number of ketones is 1. The van der Waals surface area contributed by atoms with Crippen LogP contribution in [-0.4, -0.2) is 18.4 Å². The van der Waals surface area contributed by atoms with Gasteiger partial charge < -0.3 is 5.32 Å². The fourth-order valence-electron chi connectivity index (χ4n) is 2.35. The van der Waals surface area contributed by atoms with Gasteiger partial charge in [-0.1, -0.05) is 6.42 Å². The van der Waals surface area contributed by atoms with Crippen molar-refractivity contribution in [2.45, 2.75) is 51.0 Å². The molecule has 1 atom stereocenters. The van der Waals surface area contributed by atoms with Gasteiger partial charge in [0.15, 0.2) is 0 Å². The maximum atomic E-state index is 11.8. The van der Waals surface area contributed by atoms with E-state index < -0.39 is 0 Å². The molecule has 2 nitrogen and oxygen atoms in total. The number of hydrogen-bond acceptors (Lipinski definition) is 3. The minimum absolute atomic E-state index is 0.420. The molecule has 1 saturated heterocycles. The molecular formula is C14H21NOS. The van der Waals surface area contributed by atoms with Crippen LogP contribution in [0.1, 0.15) is 44.1 Å². The zero-order valence-electron chi connectivity index (χ0n) is 10.3. The van der Waals surface area contributed by atoms with Crippen molar-refractivity contribution in [2.24, 2.45) is 0 Å². The van der Waals surface area contributed by atoms with E-state index in [1.165, 1.54) is 24.8 Å². The van der Waals surface area contributed by atoms with Gasteiger partial charge in [0.25, 0.3) is 0 Å². The van der Waals surface area contributed by atoms with Crippen molar-refractivity contribution in [1.29, 1.82) is 0 Å². The van der Waals surface area contributed by atoms with E-state index in [9.17, 15) is 4.79 Å². The molecule has 3 heteroatoms. The van der Waals surface area contributed by atoms with Crippen LogP contribution >= 0.6 is 11.3 Å². The smallest absolute Gasteiger partial charge is 0.133 e. The molecule has 0 radical (unpaired) electrons. The summed E-state index contributed by atoms with van der Waals surface area (Å²) in [6.07, 6.45) is 7.27. The topological polar surface area (TPSA) is 29.1 Å². The predicted molar refractivity (Wildman–Crippen MR) is 72.5 cm³/mol. The van der Waals surface area contributed by atoms with Gasteiger partial charge in [-0.2, -0.15) is 11.3 Å². The number of aryl methyl sites for hydroxylation is 1. The molecule has 0 spiro atoms. The van der Waals surface area contributed by atoms with Gasteiger partial charge in [-0.3, -0.25) is 4.79 Å². The van der Waals surface area contributed by atoms with Crippen molar-refractivity contribution in [2.75, 3.05) is 6.54 Å². The Balaban J connectivity index is 1.60. The Bertz CT molecular complexity index is 328. The molecule has 1 aliphatic heterocycles. The van der Waals surface area contributed by atoms with Gasteiger partial charge in [-0.25, -0.2) is 0 Å². The van der Waals surface area contributed by atoms with Crippen LogP contribution in [0.3, 0.4) is 0 Å². The molecule has 17 heavy (non-hydrogen) atoms. The molecule has 0 aromatic carbocycles. The summed E-state index contributed by atoms with van der Waals surface area (Å²) in [5.41, 5.74) is 1.30. The lowest BCUT2D eigenvalue weighted by Crippen LogP contribution is -2.34. The maximum Gasteiger partial charge on any atom is 0.133 e. The summed E-state index contributed by atoms with van der Waals surface area (Å²) in [4.78, 5) is 11.8. The number of carbonyl (C=O) groups is 1. The van der Waals surface area contributed by atoms with E-state index in [-0.39, 0.29) is 0 Å². The van der Waals surface area contributed by atoms with Crippen LogP contribution in [0.15, 0.2) is 16.8 Å². The molecule has 0 saturated carbocycles. The Labute approximate surface area is 107 Å². The molecule has 94 valence electrons. The van der Waals surface area contributed by atoms with Gasteiger partial charge in [-0.15, -0.1) is 0 Å². The van der Waals surface area contributed by atoms with Crippen LogP contribution in [-0.2, 0) is 11.2 Å². The number of Topliss-reactive ketones (excluding diaryl/α,β-unsaturated/α-hetero) is 1. The number of nitrogens with one attached hydrogen (secondary N) is 1. The Morgan fingerprint density at radius 2 is 2.35 bits per heavy atom. The molecule has 2 rings (SSSR count). The number of rotatable bonds is 6. The van der Waals surface area contributed by atoms with E-state index in [1.54, 1.807) is 11.3 Å². The quantitative estimate of drug-likeness (QED) is 0.841. The number of hydrogen-bond donors (Lipinski definition) is 1. The zero-order valence-corrected chi connectivity index (χ0v) is 11.1. The first-order valence-electron chi connectivity index (χ1n) is 6.61. The highest BCUT2D eigenvalue weighted by molar-refractivity contribution is 7.07. The second-order valence-corrected chi connectivity index (χ2v) is 5.64. The second-order valence-electron chi connectivity index (χ2n) is 4.86. The molecule has 1 aliphatic rings. The van der Waals surface area contributed by atoms with E-state index in [4.69, 9.17) is 0 Å². The highest BCUT2D eigenvalue weighted by atomic mass is 32.1. The highest BCUT2D eigenvalue weighted by Crippen LogP contribution is 2.14. The van der Waals surface area contributed by atoms with E-state index in [0.717, 1.165) is 25.8 Å². The molecule has 1 unspecified atom stereocenters. The molecular weight excluding hydrogens is 230 g/mol. The lowest BCUT2D eigenvalue weighted by atomic mass is 9.98. The highest BCUT2D eigenvalue weighted by Gasteiger charge is 2.13. The number of thiophene rings is 1. The van der Waals surface area contributed by atoms with Crippen molar-refractivity contribution in [3.63, 3.8) is 0 Å². The predicted octanol–water partition coefficient (Wildman–Crippen LogP) is 3.17. The average molecular weight is 251 g/mol. The average Bonchev–Trinajstić information content (AvgIpc) is 2.88. The van der Waals surface area contributed by atoms with Crippen LogP contribution in [0.4, 0.5) is 0 Å². The van der Waals surface area contributed by atoms with E-state index in [0.29, 0.717) is 18.2 Å². The van der Waals surface area contributed by atoms with Crippen molar-refractivity contribution >= 4 is 17.1 Å². The lowest BCUT2D eigenvalue weighted by Gasteiger charge is -2.22. The molecule has 1 N–H and O–H groups in total. The number of piperidine rings is 1. The molecule has 0 aliphatic carbocycles. The SMILES string of the molecule is O=C(CCc1ccsc1)CCC1CCCCN1. The van der Waals surface area contributed by atoms with Gasteiger partial charge in [0.2, 0.25) is 0 Å². The standard InChI is InChI=1S/C14H21NOS/c16-14(6-4-12-8-10-17-11-12)7-5-13-3-1-2-9-15-13/h8,10-11,13,15H,1-7,9H2. The summed E-state index contributed by atoms with van der Waals surface area (Å²) in [6, 6.07) is 2.70. The first kappa shape index (κ1) is 12.8.